The van der Waals surface area contributed by atoms with E-state index in [1.54, 1.807) is 11.6 Å². The van der Waals surface area contributed by atoms with Crippen LogP contribution in [-0.4, -0.2) is 32.6 Å². The fourth-order valence-electron chi connectivity index (χ4n) is 2.80. The molecule has 9 heteroatoms. The largest absolute Gasteiger partial charge is 0.416 e. The third kappa shape index (κ3) is 4.92. The number of rotatable bonds is 5. The molecule has 1 heterocycles. The summed E-state index contributed by atoms with van der Waals surface area (Å²) in [7, 11) is 1.59. The molecule has 1 N–H and O–H groups in total. The predicted octanol–water partition coefficient (Wildman–Crippen LogP) is 4.59. The second-order valence-electron chi connectivity index (χ2n) is 6.75. The standard InChI is InChI=1S/C20H19F3N4OS/c1-13-3-7-15(8-4-13)18-24-25-19(29)27(18)12-17(28)26(2)11-14-5-9-16(10-6-14)20(21,22)23/h3-10H,11-12H2,1-2H3,(H,25,29). The van der Waals surface area contributed by atoms with Crippen molar-refractivity contribution in [3.63, 3.8) is 0 Å². The molecule has 1 amide bonds. The van der Waals surface area contributed by atoms with E-state index in [2.05, 4.69) is 10.2 Å². The van der Waals surface area contributed by atoms with Crippen LogP contribution >= 0.6 is 12.2 Å². The van der Waals surface area contributed by atoms with Crippen LogP contribution in [0.5, 0.6) is 0 Å². The van der Waals surface area contributed by atoms with E-state index in [9.17, 15) is 18.0 Å². The number of benzene rings is 2. The SMILES string of the molecule is Cc1ccc(-c2n[nH]c(=S)n2CC(=O)N(C)Cc2ccc(C(F)(F)F)cc2)cc1. The molecule has 0 aliphatic carbocycles. The van der Waals surface area contributed by atoms with Crippen LogP contribution in [0.25, 0.3) is 11.4 Å². The van der Waals surface area contributed by atoms with Crippen molar-refractivity contribution in [3.05, 3.63) is 70.0 Å². The maximum atomic E-state index is 12.7. The minimum absolute atomic E-state index is 0.0321. The molecule has 0 aliphatic rings. The molecule has 3 aromatic rings. The number of nitrogens with zero attached hydrogens (tertiary/aromatic N) is 3. The van der Waals surface area contributed by atoms with Gasteiger partial charge in [0.25, 0.3) is 0 Å². The summed E-state index contributed by atoms with van der Waals surface area (Å²) < 4.78 is 39.9. The average molecular weight is 420 g/mol. The number of hydrogen-bond acceptors (Lipinski definition) is 3. The van der Waals surface area contributed by atoms with Crippen molar-refractivity contribution in [2.75, 3.05) is 7.05 Å². The normalized spacial score (nSPS) is 11.5. The Balaban J connectivity index is 1.73. The first kappa shape index (κ1) is 20.8. The molecule has 3 rings (SSSR count). The van der Waals surface area contributed by atoms with Gasteiger partial charge in [-0.1, -0.05) is 42.0 Å². The molecule has 0 radical (unpaired) electrons. The van der Waals surface area contributed by atoms with Crippen LogP contribution < -0.4 is 0 Å². The molecular weight excluding hydrogens is 401 g/mol. The molecule has 0 saturated heterocycles. The Morgan fingerprint density at radius 1 is 1.14 bits per heavy atom. The predicted molar refractivity (Wildman–Crippen MR) is 106 cm³/mol. The Bertz CT molecular complexity index is 1050. The lowest BCUT2D eigenvalue weighted by Crippen LogP contribution is -2.30. The summed E-state index contributed by atoms with van der Waals surface area (Å²) in [5.74, 6) is 0.307. The molecule has 29 heavy (non-hydrogen) atoms. The Labute approximate surface area is 170 Å². The van der Waals surface area contributed by atoms with Crippen LogP contribution in [0.2, 0.25) is 0 Å². The van der Waals surface area contributed by atoms with E-state index >= 15 is 0 Å². The molecule has 0 aliphatic heterocycles. The van der Waals surface area contributed by atoms with Crippen LogP contribution in [0.4, 0.5) is 13.2 Å². The van der Waals surface area contributed by atoms with Gasteiger partial charge in [0.2, 0.25) is 5.91 Å². The third-order valence-electron chi connectivity index (χ3n) is 4.49. The number of carbonyl (C=O) groups excluding carboxylic acids is 1. The maximum absolute atomic E-state index is 12.7. The van der Waals surface area contributed by atoms with E-state index < -0.39 is 11.7 Å². The quantitative estimate of drug-likeness (QED) is 0.614. The minimum atomic E-state index is -4.38. The third-order valence-corrected chi connectivity index (χ3v) is 4.80. The molecule has 2 aromatic carbocycles. The summed E-state index contributed by atoms with van der Waals surface area (Å²) in [5.41, 5.74) is 1.80. The van der Waals surface area contributed by atoms with Gasteiger partial charge < -0.3 is 4.90 Å². The van der Waals surface area contributed by atoms with Gasteiger partial charge in [-0.05, 0) is 36.8 Å². The number of alkyl halides is 3. The van der Waals surface area contributed by atoms with Gasteiger partial charge in [0, 0.05) is 19.2 Å². The van der Waals surface area contributed by atoms with Crippen LogP contribution in [0.15, 0.2) is 48.5 Å². The van der Waals surface area contributed by atoms with E-state index in [-0.39, 0.29) is 19.0 Å². The average Bonchev–Trinajstić information content (AvgIpc) is 3.02. The first-order chi connectivity index (χ1) is 13.6. The fraction of sp³-hybridized carbons (Fsp3) is 0.250. The molecule has 0 fully saturated rings. The van der Waals surface area contributed by atoms with Gasteiger partial charge in [0.05, 0.1) is 5.56 Å². The highest BCUT2D eigenvalue weighted by molar-refractivity contribution is 7.71. The summed E-state index contributed by atoms with van der Waals surface area (Å²) >= 11 is 5.25. The number of aryl methyl sites for hydroxylation is 1. The van der Waals surface area contributed by atoms with Crippen LogP contribution in [0, 0.1) is 11.7 Å². The first-order valence-corrected chi connectivity index (χ1v) is 9.18. The lowest BCUT2D eigenvalue weighted by molar-refractivity contribution is -0.137. The number of hydrogen-bond donors (Lipinski definition) is 1. The van der Waals surface area contributed by atoms with Crippen molar-refractivity contribution in [2.45, 2.75) is 26.2 Å². The Morgan fingerprint density at radius 3 is 2.34 bits per heavy atom. The number of aromatic nitrogens is 3. The van der Waals surface area contributed by atoms with E-state index in [1.807, 2.05) is 31.2 Å². The smallest absolute Gasteiger partial charge is 0.340 e. The van der Waals surface area contributed by atoms with Gasteiger partial charge in [-0.15, -0.1) is 0 Å². The Morgan fingerprint density at radius 2 is 1.76 bits per heavy atom. The molecule has 0 atom stereocenters. The molecular formula is C20H19F3N4OS. The van der Waals surface area contributed by atoms with Gasteiger partial charge >= 0.3 is 6.18 Å². The molecule has 0 spiro atoms. The molecule has 0 bridgehead atoms. The van der Waals surface area contributed by atoms with Gasteiger partial charge in [-0.2, -0.15) is 18.3 Å². The zero-order chi connectivity index (χ0) is 21.2. The highest BCUT2D eigenvalue weighted by atomic mass is 32.1. The molecule has 5 nitrogen and oxygen atoms in total. The number of nitrogens with one attached hydrogen (secondary N) is 1. The molecule has 1 aromatic heterocycles. The van der Waals surface area contributed by atoms with Crippen molar-refractivity contribution in [3.8, 4) is 11.4 Å². The van der Waals surface area contributed by atoms with Gasteiger partial charge in [-0.25, -0.2) is 0 Å². The van der Waals surface area contributed by atoms with E-state index in [4.69, 9.17) is 12.2 Å². The topological polar surface area (TPSA) is 53.9 Å². The van der Waals surface area contributed by atoms with E-state index in [0.29, 0.717) is 16.2 Å². The van der Waals surface area contributed by atoms with Gasteiger partial charge in [0.1, 0.15) is 6.54 Å². The van der Waals surface area contributed by atoms with E-state index in [1.165, 1.54) is 17.0 Å². The molecule has 0 unspecified atom stereocenters. The maximum Gasteiger partial charge on any atom is 0.416 e. The summed E-state index contributed by atoms with van der Waals surface area (Å²) in [6.45, 7) is 2.12. The minimum Gasteiger partial charge on any atom is -0.340 e. The van der Waals surface area contributed by atoms with Crippen molar-refractivity contribution in [2.24, 2.45) is 0 Å². The highest BCUT2D eigenvalue weighted by Crippen LogP contribution is 2.29. The van der Waals surface area contributed by atoms with Crippen LogP contribution in [0.1, 0.15) is 16.7 Å². The first-order valence-electron chi connectivity index (χ1n) is 8.77. The molecule has 152 valence electrons. The number of H-pyrrole nitrogens is 1. The van der Waals surface area contributed by atoms with Crippen LogP contribution in [0.3, 0.4) is 0 Å². The van der Waals surface area contributed by atoms with Crippen molar-refractivity contribution >= 4 is 18.1 Å². The summed E-state index contributed by atoms with van der Waals surface area (Å²) in [5, 5.41) is 6.92. The Kier molecular flexibility index (Phi) is 5.88. The monoisotopic (exact) mass is 420 g/mol. The molecule has 0 saturated carbocycles. The van der Waals surface area contributed by atoms with Crippen LogP contribution in [-0.2, 0) is 24.1 Å². The number of aromatic amines is 1. The Hall–Kier alpha value is -2.94. The fourth-order valence-corrected chi connectivity index (χ4v) is 3.00. The zero-order valence-electron chi connectivity index (χ0n) is 15.8. The lowest BCUT2D eigenvalue weighted by Gasteiger charge is -2.18. The summed E-state index contributed by atoms with van der Waals surface area (Å²) in [6.07, 6.45) is -4.38. The van der Waals surface area contributed by atoms with Crippen molar-refractivity contribution in [1.82, 2.24) is 19.7 Å². The summed E-state index contributed by atoms with van der Waals surface area (Å²) in [6, 6.07) is 12.4. The number of carbonyl (C=O) groups is 1. The number of likely N-dealkylation sites (N-methyl/N-ethyl adjacent to an activating group) is 1. The van der Waals surface area contributed by atoms with E-state index in [0.717, 1.165) is 23.3 Å². The number of amides is 1. The summed E-state index contributed by atoms with van der Waals surface area (Å²) in [4.78, 5) is 14.1. The second-order valence-corrected chi connectivity index (χ2v) is 7.14. The van der Waals surface area contributed by atoms with Crippen molar-refractivity contribution < 1.29 is 18.0 Å². The van der Waals surface area contributed by atoms with Gasteiger partial charge in [0.15, 0.2) is 10.6 Å². The number of halogens is 3. The second kappa shape index (κ2) is 8.20. The zero-order valence-corrected chi connectivity index (χ0v) is 16.6. The van der Waals surface area contributed by atoms with Gasteiger partial charge in [-0.3, -0.25) is 14.5 Å². The van der Waals surface area contributed by atoms with Crippen molar-refractivity contribution in [1.29, 1.82) is 0 Å². The highest BCUT2D eigenvalue weighted by Gasteiger charge is 2.30. The lowest BCUT2D eigenvalue weighted by atomic mass is 10.1.